The molecule has 9 heteroatoms. The molecule has 194 valence electrons. The molecule has 0 saturated heterocycles. The number of unbranched alkanes of at least 4 members (excludes halogenated alkanes) is 5. The Kier molecular flexibility index (Phi) is 10.7. The van der Waals surface area contributed by atoms with E-state index in [0.717, 1.165) is 49.7 Å². The molecule has 6 nitrogen and oxygen atoms in total. The molecule has 0 bridgehead atoms. The van der Waals surface area contributed by atoms with Gasteiger partial charge in [0.2, 0.25) is 15.9 Å². The van der Waals surface area contributed by atoms with Crippen molar-refractivity contribution in [2.24, 2.45) is 0 Å². The highest BCUT2D eigenvalue weighted by atomic mass is 32.2. The van der Waals surface area contributed by atoms with Crippen LogP contribution in [0.25, 0.3) is 0 Å². The van der Waals surface area contributed by atoms with Crippen LogP contribution in [0, 0.1) is 5.82 Å². The van der Waals surface area contributed by atoms with Crippen LogP contribution < -0.4 is 0 Å². The van der Waals surface area contributed by atoms with Gasteiger partial charge in [-0.2, -0.15) is 4.31 Å². The highest BCUT2D eigenvalue weighted by molar-refractivity contribution is 7.89. The topological polar surface area (TPSA) is 66.9 Å². The summed E-state index contributed by atoms with van der Waals surface area (Å²) in [5, 5.41) is 2.00. The Balaban J connectivity index is 1.74. The van der Waals surface area contributed by atoms with Crippen LogP contribution in [0.5, 0.6) is 0 Å². The number of sulfonamides is 1. The highest BCUT2D eigenvalue weighted by Gasteiger charge is 2.35. The van der Waals surface area contributed by atoms with E-state index in [1.165, 1.54) is 28.4 Å². The number of hydrogen-bond acceptors (Lipinski definition) is 5. The monoisotopic (exact) mass is 524 g/mol. The predicted molar refractivity (Wildman–Crippen MR) is 139 cm³/mol. The van der Waals surface area contributed by atoms with Crippen LogP contribution in [0.1, 0.15) is 67.5 Å². The summed E-state index contributed by atoms with van der Waals surface area (Å²) in [6.45, 7) is 2.78. The van der Waals surface area contributed by atoms with E-state index in [1.54, 1.807) is 28.4 Å². The third-order valence-electron chi connectivity index (χ3n) is 6.48. The van der Waals surface area contributed by atoms with E-state index in [9.17, 15) is 17.6 Å². The molecule has 0 N–H and O–H groups in total. The molecule has 0 aliphatic carbocycles. The zero-order chi connectivity index (χ0) is 25.3. The number of benzene rings is 1. The first-order chi connectivity index (χ1) is 16.9. The average molecular weight is 525 g/mol. The number of carbonyl (C=O) groups excluding carboxylic acids is 1. The fraction of sp³-hybridized carbons (Fsp3) is 0.577. The maximum atomic E-state index is 13.6. The van der Waals surface area contributed by atoms with Crippen molar-refractivity contribution in [3.05, 3.63) is 57.5 Å². The smallest absolute Gasteiger partial charge is 0.238 e. The van der Waals surface area contributed by atoms with E-state index in [-0.39, 0.29) is 43.2 Å². The van der Waals surface area contributed by atoms with Crippen LogP contribution in [0.2, 0.25) is 0 Å². The molecule has 1 unspecified atom stereocenters. The molecular weight excluding hydrogens is 487 g/mol. The van der Waals surface area contributed by atoms with E-state index in [2.05, 4.69) is 6.92 Å². The number of amides is 1. The van der Waals surface area contributed by atoms with Gasteiger partial charge in [0.1, 0.15) is 5.82 Å². The third kappa shape index (κ3) is 7.59. The van der Waals surface area contributed by atoms with Crippen molar-refractivity contribution in [3.8, 4) is 0 Å². The predicted octanol–water partition coefficient (Wildman–Crippen LogP) is 5.00. The van der Waals surface area contributed by atoms with Gasteiger partial charge < -0.3 is 9.64 Å². The van der Waals surface area contributed by atoms with Crippen LogP contribution in [-0.4, -0.2) is 62.6 Å². The molecule has 3 rings (SSSR count). The summed E-state index contributed by atoms with van der Waals surface area (Å²) in [6.07, 6.45) is 6.63. The van der Waals surface area contributed by atoms with Crippen LogP contribution >= 0.6 is 11.3 Å². The summed E-state index contributed by atoms with van der Waals surface area (Å²) in [5.74, 6) is -0.551. The number of hydrogen-bond donors (Lipinski definition) is 0. The fourth-order valence-corrected chi connectivity index (χ4v) is 6.93. The number of thiophene rings is 1. The minimum Gasteiger partial charge on any atom is -0.383 e. The lowest BCUT2D eigenvalue weighted by atomic mass is 9.93. The summed E-state index contributed by atoms with van der Waals surface area (Å²) in [4.78, 5) is 16.5. The number of fused-ring (bicyclic) bond motifs is 1. The minimum absolute atomic E-state index is 0.0339. The lowest BCUT2D eigenvalue weighted by molar-refractivity contribution is -0.133. The number of methoxy groups -OCH3 is 1. The summed E-state index contributed by atoms with van der Waals surface area (Å²) in [5.41, 5.74) is 1.84. The Morgan fingerprint density at radius 2 is 1.86 bits per heavy atom. The number of halogens is 1. The maximum Gasteiger partial charge on any atom is 0.238 e. The number of rotatable bonds is 14. The third-order valence-corrected chi connectivity index (χ3v) is 9.38. The number of ether oxygens (including phenoxy) is 1. The van der Waals surface area contributed by atoms with Crippen molar-refractivity contribution in [1.82, 2.24) is 9.21 Å². The zero-order valence-corrected chi connectivity index (χ0v) is 22.4. The average Bonchev–Trinajstić information content (AvgIpc) is 3.32. The van der Waals surface area contributed by atoms with Gasteiger partial charge >= 0.3 is 0 Å². The lowest BCUT2D eigenvalue weighted by Crippen LogP contribution is -2.47. The lowest BCUT2D eigenvalue weighted by Gasteiger charge is -2.37. The molecule has 35 heavy (non-hydrogen) atoms. The van der Waals surface area contributed by atoms with Gasteiger partial charge in [0, 0.05) is 25.1 Å². The first-order valence-electron chi connectivity index (χ1n) is 12.4. The van der Waals surface area contributed by atoms with E-state index in [0.29, 0.717) is 13.0 Å². The molecule has 0 spiro atoms. The number of nitrogens with zero attached hydrogens (tertiary/aromatic N) is 2. The normalized spacial score (nSPS) is 16.0. The summed E-state index contributed by atoms with van der Waals surface area (Å²) < 4.78 is 46.3. The molecule has 0 radical (unpaired) electrons. The van der Waals surface area contributed by atoms with Gasteiger partial charge in [-0.05, 0) is 47.5 Å². The molecule has 1 aromatic heterocycles. The Hall–Kier alpha value is -1.81. The fourth-order valence-electron chi connectivity index (χ4n) is 4.53. The van der Waals surface area contributed by atoms with Gasteiger partial charge in [0.25, 0.3) is 0 Å². The molecule has 1 aromatic carbocycles. The second-order valence-electron chi connectivity index (χ2n) is 9.00. The summed E-state index contributed by atoms with van der Waals surface area (Å²) in [6, 6.07) is 7.84. The highest BCUT2D eigenvalue weighted by Crippen LogP contribution is 2.38. The number of carbonyl (C=O) groups is 1. The van der Waals surface area contributed by atoms with Crippen LogP contribution in [-0.2, 0) is 26.0 Å². The molecule has 1 aliphatic heterocycles. The van der Waals surface area contributed by atoms with Gasteiger partial charge in [0.05, 0.1) is 24.9 Å². The standard InChI is InChI=1S/C26H37FN2O4S2/c1-3-4-5-6-7-8-19-35(31,32)28(16-17-33-2)20-25(30)29-15-13-24-23(14-18-34-24)26(29)21-9-11-22(27)12-10-21/h9-12,14,18,26H,3-8,13,15-17,19-20H2,1-2H3. The van der Waals surface area contributed by atoms with Gasteiger partial charge in [-0.15, -0.1) is 11.3 Å². The molecule has 2 aromatic rings. The molecule has 2 heterocycles. The van der Waals surface area contributed by atoms with Gasteiger partial charge in [-0.1, -0.05) is 51.2 Å². The van der Waals surface area contributed by atoms with E-state index in [4.69, 9.17) is 4.74 Å². The van der Waals surface area contributed by atoms with Gasteiger partial charge in [0.15, 0.2) is 0 Å². The molecule has 0 fully saturated rings. The first-order valence-corrected chi connectivity index (χ1v) is 14.9. The Bertz CT molecular complexity index is 1040. The van der Waals surface area contributed by atoms with Gasteiger partial charge in [-0.25, -0.2) is 12.8 Å². The van der Waals surface area contributed by atoms with Crippen LogP contribution in [0.4, 0.5) is 4.39 Å². The molecular formula is C26H37FN2O4S2. The van der Waals surface area contributed by atoms with Crippen molar-refractivity contribution >= 4 is 27.3 Å². The van der Waals surface area contributed by atoms with Crippen LogP contribution in [0.3, 0.4) is 0 Å². The quantitative estimate of drug-likeness (QED) is 0.326. The summed E-state index contributed by atoms with van der Waals surface area (Å²) >= 11 is 1.65. The molecule has 1 amide bonds. The van der Waals surface area contributed by atoms with E-state index >= 15 is 0 Å². The Morgan fingerprint density at radius 1 is 1.14 bits per heavy atom. The molecule has 1 atom stereocenters. The summed E-state index contributed by atoms with van der Waals surface area (Å²) in [7, 11) is -2.08. The second kappa shape index (κ2) is 13.5. The second-order valence-corrected chi connectivity index (χ2v) is 12.1. The SMILES string of the molecule is CCCCCCCCS(=O)(=O)N(CCOC)CC(=O)N1CCc2sccc2C1c1ccc(F)cc1. The zero-order valence-electron chi connectivity index (χ0n) is 20.7. The van der Waals surface area contributed by atoms with Crippen molar-refractivity contribution in [2.75, 3.05) is 39.1 Å². The molecule has 0 saturated carbocycles. The largest absolute Gasteiger partial charge is 0.383 e. The first kappa shape index (κ1) is 27.8. The van der Waals surface area contributed by atoms with E-state index in [1.807, 2.05) is 11.4 Å². The van der Waals surface area contributed by atoms with E-state index < -0.39 is 10.0 Å². The Morgan fingerprint density at radius 3 is 2.57 bits per heavy atom. The van der Waals surface area contributed by atoms with Crippen molar-refractivity contribution < 1.29 is 22.3 Å². The van der Waals surface area contributed by atoms with Crippen molar-refractivity contribution in [3.63, 3.8) is 0 Å². The molecule has 1 aliphatic rings. The van der Waals surface area contributed by atoms with Crippen molar-refractivity contribution in [1.29, 1.82) is 0 Å². The van der Waals surface area contributed by atoms with Crippen molar-refractivity contribution in [2.45, 2.75) is 57.9 Å². The Labute approximate surface area is 213 Å². The van der Waals surface area contributed by atoms with Crippen LogP contribution in [0.15, 0.2) is 35.7 Å². The maximum absolute atomic E-state index is 13.6. The minimum atomic E-state index is -3.60. The van der Waals surface area contributed by atoms with Gasteiger partial charge in [-0.3, -0.25) is 4.79 Å².